The van der Waals surface area contributed by atoms with Crippen molar-refractivity contribution < 1.29 is 28.2 Å². The van der Waals surface area contributed by atoms with Gasteiger partial charge in [0.15, 0.2) is 5.78 Å². The zero-order chi connectivity index (χ0) is 16.4. The lowest BCUT2D eigenvalue weighted by Gasteiger charge is -2.11. The van der Waals surface area contributed by atoms with Gasteiger partial charge in [0.25, 0.3) is 0 Å². The molecule has 0 saturated heterocycles. The first-order valence-corrected chi connectivity index (χ1v) is 6.26. The molecule has 1 aromatic carbocycles. The summed E-state index contributed by atoms with van der Waals surface area (Å²) in [5.74, 6) is -1.26. The third kappa shape index (κ3) is 2.41. The molecule has 7 nitrogen and oxygen atoms in total. The van der Waals surface area contributed by atoms with Gasteiger partial charge in [-0.25, -0.2) is 9.59 Å². The molecule has 1 heterocycles. The number of hydrogen-bond donors (Lipinski definition) is 0. The van der Waals surface area contributed by atoms with E-state index in [2.05, 4.69) is 4.74 Å². The summed E-state index contributed by atoms with van der Waals surface area (Å²) in [4.78, 5) is 35.9. The molecule has 0 N–H and O–H groups in total. The number of esters is 1. The molecule has 0 spiro atoms. The minimum atomic E-state index is -0.911. The van der Waals surface area contributed by atoms with Gasteiger partial charge in [-0.05, 0) is 13.0 Å². The molecule has 0 unspecified atom stereocenters. The van der Waals surface area contributed by atoms with Gasteiger partial charge in [0.2, 0.25) is 5.76 Å². The van der Waals surface area contributed by atoms with Crippen LogP contribution in [0.5, 0.6) is 11.5 Å². The molecule has 0 aliphatic rings. The maximum absolute atomic E-state index is 12.2. The van der Waals surface area contributed by atoms with E-state index in [0.717, 1.165) is 7.11 Å². The van der Waals surface area contributed by atoms with Gasteiger partial charge in [0.1, 0.15) is 16.9 Å². The minimum absolute atomic E-state index is 0.0566. The van der Waals surface area contributed by atoms with Gasteiger partial charge in [-0.15, -0.1) is 0 Å². The highest BCUT2D eigenvalue weighted by Crippen LogP contribution is 2.32. The predicted octanol–water partition coefficient (Wildman–Crippen LogP) is 1.80. The lowest BCUT2D eigenvalue weighted by molar-refractivity contribution is 0.0555. The number of methoxy groups -OCH3 is 3. The molecule has 7 heteroatoms. The molecule has 0 fully saturated rings. The number of rotatable bonds is 4. The maximum atomic E-state index is 12.2. The van der Waals surface area contributed by atoms with Crippen LogP contribution in [0.25, 0.3) is 10.8 Å². The predicted molar refractivity (Wildman–Crippen MR) is 76.9 cm³/mol. The number of fused-ring (bicyclic) bond motifs is 1. The van der Waals surface area contributed by atoms with Gasteiger partial charge in [-0.3, -0.25) is 4.79 Å². The zero-order valence-electron chi connectivity index (χ0n) is 12.5. The Morgan fingerprint density at radius 3 is 2.27 bits per heavy atom. The molecule has 116 valence electrons. The van der Waals surface area contributed by atoms with Gasteiger partial charge >= 0.3 is 11.6 Å². The summed E-state index contributed by atoms with van der Waals surface area (Å²) in [6.45, 7) is 1.26. The summed E-state index contributed by atoms with van der Waals surface area (Å²) in [7, 11) is 3.93. The van der Waals surface area contributed by atoms with Gasteiger partial charge in [0, 0.05) is 11.5 Å². The van der Waals surface area contributed by atoms with Crippen molar-refractivity contribution in [3.63, 3.8) is 0 Å². The molecule has 0 atom stereocenters. The molecular weight excluding hydrogens is 292 g/mol. The summed E-state index contributed by atoms with van der Waals surface area (Å²) in [5.41, 5.74) is -0.862. The first-order chi connectivity index (χ1) is 10.4. The number of benzene rings is 1. The second-order valence-corrected chi connectivity index (χ2v) is 4.39. The minimum Gasteiger partial charge on any atom is -0.497 e. The highest BCUT2D eigenvalue weighted by Gasteiger charge is 2.25. The summed E-state index contributed by atoms with van der Waals surface area (Å²) >= 11 is 0. The summed E-state index contributed by atoms with van der Waals surface area (Å²) < 4.78 is 19.8. The van der Waals surface area contributed by atoms with E-state index < -0.39 is 23.1 Å². The van der Waals surface area contributed by atoms with E-state index in [-0.39, 0.29) is 22.1 Å². The van der Waals surface area contributed by atoms with E-state index in [0.29, 0.717) is 5.75 Å². The second kappa shape index (κ2) is 5.88. The van der Waals surface area contributed by atoms with Crippen molar-refractivity contribution in [2.24, 2.45) is 0 Å². The molecule has 0 aliphatic carbocycles. The van der Waals surface area contributed by atoms with Crippen LogP contribution in [0, 0.1) is 0 Å². The SMILES string of the molecule is COC(=O)c1oc(=O)c2c(OC)cc(OC)cc2c1C(C)=O. The van der Waals surface area contributed by atoms with Crippen LogP contribution in [0.15, 0.2) is 21.3 Å². The smallest absolute Gasteiger partial charge is 0.374 e. The van der Waals surface area contributed by atoms with E-state index in [9.17, 15) is 14.4 Å². The van der Waals surface area contributed by atoms with Crippen molar-refractivity contribution in [3.8, 4) is 11.5 Å². The van der Waals surface area contributed by atoms with Crippen LogP contribution < -0.4 is 15.1 Å². The average Bonchev–Trinajstić information content (AvgIpc) is 2.51. The Balaban J connectivity index is 3.05. The standard InChI is InChI=1S/C15H14O7/c1-7(16)11-9-5-8(19-2)6-10(20-3)12(9)14(17)22-13(11)15(18)21-4/h5-6H,1-4H3. The van der Waals surface area contributed by atoms with Crippen LogP contribution in [-0.2, 0) is 4.74 Å². The fraction of sp³-hybridized carbons (Fsp3) is 0.267. The number of Topliss-reactive ketones (excluding diaryl/α,β-unsaturated/α-hetero) is 1. The highest BCUT2D eigenvalue weighted by atomic mass is 16.5. The molecule has 2 aromatic rings. The van der Waals surface area contributed by atoms with Crippen LogP contribution >= 0.6 is 0 Å². The fourth-order valence-corrected chi connectivity index (χ4v) is 2.18. The van der Waals surface area contributed by atoms with Crippen molar-refractivity contribution in [1.29, 1.82) is 0 Å². The first kappa shape index (κ1) is 15.6. The third-order valence-electron chi connectivity index (χ3n) is 3.15. The Bertz CT molecular complexity index is 817. The molecule has 0 bridgehead atoms. The fourth-order valence-electron chi connectivity index (χ4n) is 2.18. The normalized spacial score (nSPS) is 10.4. The zero-order valence-corrected chi connectivity index (χ0v) is 12.5. The molecule has 0 amide bonds. The lowest BCUT2D eigenvalue weighted by Crippen LogP contribution is -2.15. The Morgan fingerprint density at radius 1 is 1.09 bits per heavy atom. The van der Waals surface area contributed by atoms with Crippen molar-refractivity contribution in [1.82, 2.24) is 0 Å². The molecule has 0 saturated carbocycles. The lowest BCUT2D eigenvalue weighted by atomic mass is 10.0. The van der Waals surface area contributed by atoms with Crippen molar-refractivity contribution >= 4 is 22.5 Å². The molecular formula is C15H14O7. The van der Waals surface area contributed by atoms with E-state index in [4.69, 9.17) is 13.9 Å². The van der Waals surface area contributed by atoms with Gasteiger partial charge in [-0.2, -0.15) is 0 Å². The maximum Gasteiger partial charge on any atom is 0.374 e. The average molecular weight is 306 g/mol. The van der Waals surface area contributed by atoms with Gasteiger partial charge in [-0.1, -0.05) is 0 Å². The van der Waals surface area contributed by atoms with Gasteiger partial charge in [0.05, 0.1) is 26.9 Å². The number of carbonyl (C=O) groups is 2. The largest absolute Gasteiger partial charge is 0.497 e. The Kier molecular flexibility index (Phi) is 4.16. The Hall–Kier alpha value is -2.83. The van der Waals surface area contributed by atoms with Gasteiger partial charge < -0.3 is 18.6 Å². The van der Waals surface area contributed by atoms with E-state index in [1.54, 1.807) is 0 Å². The summed E-state index contributed by atoms with van der Waals surface area (Å²) in [6.07, 6.45) is 0. The highest BCUT2D eigenvalue weighted by molar-refractivity contribution is 6.13. The monoisotopic (exact) mass is 306 g/mol. The number of carbonyl (C=O) groups excluding carboxylic acids is 2. The van der Waals surface area contributed by atoms with E-state index in [1.165, 1.54) is 33.3 Å². The van der Waals surface area contributed by atoms with Crippen molar-refractivity contribution in [2.75, 3.05) is 21.3 Å². The number of hydrogen-bond acceptors (Lipinski definition) is 7. The van der Waals surface area contributed by atoms with Crippen molar-refractivity contribution in [2.45, 2.75) is 6.92 Å². The second-order valence-electron chi connectivity index (χ2n) is 4.39. The summed E-state index contributed by atoms with van der Waals surface area (Å²) in [5, 5.41) is 0.265. The Morgan fingerprint density at radius 2 is 1.77 bits per heavy atom. The van der Waals surface area contributed by atoms with Crippen LogP contribution in [0.4, 0.5) is 0 Å². The summed E-state index contributed by atoms with van der Waals surface area (Å²) in [6, 6.07) is 2.96. The van der Waals surface area contributed by atoms with Crippen LogP contribution in [0.3, 0.4) is 0 Å². The van der Waals surface area contributed by atoms with Crippen molar-refractivity contribution in [3.05, 3.63) is 33.9 Å². The first-order valence-electron chi connectivity index (χ1n) is 6.26. The van der Waals surface area contributed by atoms with E-state index in [1.807, 2.05) is 0 Å². The third-order valence-corrected chi connectivity index (χ3v) is 3.15. The van der Waals surface area contributed by atoms with Crippen LogP contribution in [0.2, 0.25) is 0 Å². The molecule has 22 heavy (non-hydrogen) atoms. The van der Waals surface area contributed by atoms with Crippen LogP contribution in [0.1, 0.15) is 27.8 Å². The molecule has 0 aliphatic heterocycles. The number of ether oxygens (including phenoxy) is 3. The van der Waals surface area contributed by atoms with E-state index >= 15 is 0 Å². The van der Waals surface area contributed by atoms with Crippen LogP contribution in [-0.4, -0.2) is 33.1 Å². The molecule has 0 radical (unpaired) electrons. The quantitative estimate of drug-likeness (QED) is 0.628. The number of ketones is 1. The molecule has 1 aromatic heterocycles. The Labute approximate surface area is 125 Å². The molecule has 2 rings (SSSR count). The topological polar surface area (TPSA) is 92.0 Å².